The largest absolute Gasteiger partial charge is 0.507 e. The lowest BCUT2D eigenvalue weighted by molar-refractivity contribution is -0.140. The number of ether oxygens (including phenoxy) is 3. The molecule has 1 fully saturated rings. The summed E-state index contributed by atoms with van der Waals surface area (Å²) in [4.78, 5) is 27.8. The molecule has 0 saturated carbocycles. The number of aryl methyl sites for hydroxylation is 1. The molecule has 7 heteroatoms. The maximum absolute atomic E-state index is 13.2. The molecule has 2 aromatic carbocycles. The van der Waals surface area contributed by atoms with Gasteiger partial charge in [0.1, 0.15) is 17.3 Å². The molecule has 0 aromatic heterocycles. The second-order valence-electron chi connectivity index (χ2n) is 8.91. The molecule has 1 unspecified atom stereocenters. The highest BCUT2D eigenvalue weighted by Crippen LogP contribution is 2.40. The number of carbonyl (C=O) groups is 2. The summed E-state index contributed by atoms with van der Waals surface area (Å²) in [5.74, 6) is -0.192. The number of aliphatic hydroxyl groups is 1. The van der Waals surface area contributed by atoms with Crippen molar-refractivity contribution < 1.29 is 28.9 Å². The highest BCUT2D eigenvalue weighted by Gasteiger charge is 2.45. The van der Waals surface area contributed by atoms with Crippen LogP contribution in [0.4, 0.5) is 0 Å². The molecule has 0 radical (unpaired) electrons. The first-order chi connectivity index (χ1) is 16.8. The fraction of sp³-hybridized carbons (Fsp3) is 0.429. The Bertz CT molecular complexity index is 1090. The van der Waals surface area contributed by atoms with Gasteiger partial charge in [-0.05, 0) is 75.1 Å². The molecule has 1 atom stereocenters. The van der Waals surface area contributed by atoms with E-state index in [0.29, 0.717) is 48.8 Å². The number of Topliss-reactive ketones (excluding diaryl/α,β-unsaturated/α-hetero) is 1. The van der Waals surface area contributed by atoms with Gasteiger partial charge in [0.15, 0.2) is 0 Å². The van der Waals surface area contributed by atoms with Crippen molar-refractivity contribution in [2.45, 2.75) is 52.7 Å². The van der Waals surface area contributed by atoms with Crippen molar-refractivity contribution in [2.24, 2.45) is 0 Å². The first kappa shape index (κ1) is 26.3. The number of likely N-dealkylation sites (tertiary alicyclic amines) is 1. The van der Waals surface area contributed by atoms with Gasteiger partial charge in [-0.15, -0.1) is 0 Å². The van der Waals surface area contributed by atoms with E-state index < -0.39 is 17.7 Å². The van der Waals surface area contributed by atoms with Gasteiger partial charge in [0.25, 0.3) is 11.7 Å². The van der Waals surface area contributed by atoms with Crippen LogP contribution in [0.15, 0.2) is 48.0 Å². The van der Waals surface area contributed by atoms with Gasteiger partial charge in [-0.25, -0.2) is 0 Å². The molecule has 188 valence electrons. The lowest BCUT2D eigenvalue weighted by Gasteiger charge is -2.25. The van der Waals surface area contributed by atoms with Crippen molar-refractivity contribution in [1.29, 1.82) is 0 Å². The maximum atomic E-state index is 13.2. The number of rotatable bonds is 11. The summed E-state index contributed by atoms with van der Waals surface area (Å²) in [7, 11) is 1.59. The zero-order chi connectivity index (χ0) is 25.5. The summed E-state index contributed by atoms with van der Waals surface area (Å²) in [6.45, 7) is 9.11. The predicted molar refractivity (Wildman–Crippen MR) is 135 cm³/mol. The molecule has 0 spiro atoms. The van der Waals surface area contributed by atoms with E-state index in [1.807, 2.05) is 52.0 Å². The molecule has 1 aliphatic rings. The van der Waals surface area contributed by atoms with Crippen molar-refractivity contribution in [3.8, 4) is 11.5 Å². The number of nitrogens with zero attached hydrogens (tertiary/aromatic N) is 1. The average Bonchev–Trinajstić information content (AvgIpc) is 3.08. The molecule has 1 N–H and O–H groups in total. The third kappa shape index (κ3) is 6.03. The van der Waals surface area contributed by atoms with Gasteiger partial charge in [0.05, 0.1) is 24.3 Å². The molecule has 1 heterocycles. The van der Waals surface area contributed by atoms with E-state index in [1.165, 1.54) is 4.90 Å². The van der Waals surface area contributed by atoms with Crippen LogP contribution in [0.2, 0.25) is 0 Å². The molecule has 2 aromatic rings. The molecule has 1 aliphatic heterocycles. The first-order valence-electron chi connectivity index (χ1n) is 12.1. The Kier molecular flexibility index (Phi) is 8.93. The molecule has 1 amide bonds. The number of carbonyl (C=O) groups excluding carboxylic acids is 2. The summed E-state index contributed by atoms with van der Waals surface area (Å²) >= 11 is 0. The quantitative estimate of drug-likeness (QED) is 0.210. The Morgan fingerprint density at radius 3 is 2.54 bits per heavy atom. The van der Waals surface area contributed by atoms with Crippen molar-refractivity contribution in [3.63, 3.8) is 0 Å². The van der Waals surface area contributed by atoms with E-state index in [2.05, 4.69) is 0 Å². The Hall–Kier alpha value is -3.32. The predicted octanol–water partition coefficient (Wildman–Crippen LogP) is 5.03. The zero-order valence-corrected chi connectivity index (χ0v) is 21.2. The van der Waals surface area contributed by atoms with Gasteiger partial charge in [-0.1, -0.05) is 19.1 Å². The third-order valence-electron chi connectivity index (χ3n) is 5.75. The number of aliphatic hydroxyl groups excluding tert-OH is 1. The van der Waals surface area contributed by atoms with Gasteiger partial charge in [-0.3, -0.25) is 9.59 Å². The van der Waals surface area contributed by atoms with Crippen molar-refractivity contribution in [2.75, 3.05) is 26.9 Å². The SMILES string of the molecule is CCCOc1cccc(C2/C(=C(\O)c3ccc(OC(C)C)c(C)c3)C(=O)C(=O)N2CCCOC)c1. The normalized spacial score (nSPS) is 17.3. The van der Waals surface area contributed by atoms with E-state index in [1.54, 1.807) is 25.3 Å². The summed E-state index contributed by atoms with van der Waals surface area (Å²) in [6.07, 6.45) is 1.43. The van der Waals surface area contributed by atoms with Crippen LogP contribution < -0.4 is 9.47 Å². The second kappa shape index (κ2) is 11.9. The summed E-state index contributed by atoms with van der Waals surface area (Å²) < 4.78 is 16.7. The Balaban J connectivity index is 2.09. The van der Waals surface area contributed by atoms with E-state index in [9.17, 15) is 14.7 Å². The van der Waals surface area contributed by atoms with Gasteiger partial charge in [-0.2, -0.15) is 0 Å². The standard InChI is InChI=1S/C28H35NO6/c1-6-14-34-22-10-7-9-20(17-22)25-24(27(31)28(32)29(25)13-8-15-33-5)26(30)21-11-12-23(19(4)16-21)35-18(2)3/h7,9-12,16-18,25,30H,6,8,13-15H2,1-5H3/b26-24+. The highest BCUT2D eigenvalue weighted by molar-refractivity contribution is 6.46. The molecular weight excluding hydrogens is 446 g/mol. The van der Waals surface area contributed by atoms with Crippen molar-refractivity contribution >= 4 is 17.4 Å². The summed E-state index contributed by atoms with van der Waals surface area (Å²) in [5.41, 5.74) is 2.05. The maximum Gasteiger partial charge on any atom is 0.295 e. The average molecular weight is 482 g/mol. The Labute approximate surface area is 207 Å². The Morgan fingerprint density at radius 2 is 1.89 bits per heavy atom. The molecule has 0 bridgehead atoms. The van der Waals surface area contributed by atoms with Gasteiger partial charge in [0.2, 0.25) is 0 Å². The first-order valence-corrected chi connectivity index (χ1v) is 12.1. The number of benzene rings is 2. The lowest BCUT2D eigenvalue weighted by atomic mass is 9.94. The third-order valence-corrected chi connectivity index (χ3v) is 5.75. The van der Waals surface area contributed by atoms with Crippen LogP contribution >= 0.6 is 0 Å². The topological polar surface area (TPSA) is 85.3 Å². The van der Waals surface area contributed by atoms with E-state index in [4.69, 9.17) is 14.2 Å². The molecule has 3 rings (SSSR count). The fourth-order valence-corrected chi connectivity index (χ4v) is 4.17. The van der Waals surface area contributed by atoms with Crippen LogP contribution in [-0.4, -0.2) is 54.7 Å². The number of ketones is 1. The monoisotopic (exact) mass is 481 g/mol. The lowest BCUT2D eigenvalue weighted by Crippen LogP contribution is -2.31. The summed E-state index contributed by atoms with van der Waals surface area (Å²) in [6, 6.07) is 11.9. The van der Waals surface area contributed by atoms with Crippen molar-refractivity contribution in [1.82, 2.24) is 4.90 Å². The van der Waals surface area contributed by atoms with Crippen LogP contribution in [0.3, 0.4) is 0 Å². The molecule has 7 nitrogen and oxygen atoms in total. The number of amides is 1. The van der Waals surface area contributed by atoms with Crippen LogP contribution in [0.25, 0.3) is 5.76 Å². The molecule has 1 saturated heterocycles. The molecule has 35 heavy (non-hydrogen) atoms. The minimum atomic E-state index is -0.732. The second-order valence-corrected chi connectivity index (χ2v) is 8.91. The van der Waals surface area contributed by atoms with Gasteiger partial charge < -0.3 is 24.2 Å². The minimum Gasteiger partial charge on any atom is -0.507 e. The van der Waals surface area contributed by atoms with Crippen LogP contribution in [0, 0.1) is 6.92 Å². The number of methoxy groups -OCH3 is 1. The Morgan fingerprint density at radius 1 is 1.11 bits per heavy atom. The molecule has 0 aliphatic carbocycles. The zero-order valence-electron chi connectivity index (χ0n) is 21.2. The smallest absolute Gasteiger partial charge is 0.295 e. The minimum absolute atomic E-state index is 0.00720. The number of hydrogen-bond acceptors (Lipinski definition) is 6. The highest BCUT2D eigenvalue weighted by atomic mass is 16.5. The van der Waals surface area contributed by atoms with E-state index >= 15 is 0 Å². The fourth-order valence-electron chi connectivity index (χ4n) is 4.17. The van der Waals surface area contributed by atoms with Gasteiger partial charge >= 0.3 is 0 Å². The van der Waals surface area contributed by atoms with Crippen LogP contribution in [-0.2, 0) is 14.3 Å². The van der Waals surface area contributed by atoms with Crippen LogP contribution in [0.5, 0.6) is 11.5 Å². The number of hydrogen-bond donors (Lipinski definition) is 1. The summed E-state index contributed by atoms with van der Waals surface area (Å²) in [5, 5.41) is 11.3. The van der Waals surface area contributed by atoms with Gasteiger partial charge in [0, 0.05) is 25.8 Å². The molecular formula is C28H35NO6. The van der Waals surface area contributed by atoms with E-state index in [0.717, 1.165) is 12.0 Å². The van der Waals surface area contributed by atoms with Crippen molar-refractivity contribution in [3.05, 3.63) is 64.7 Å². The van der Waals surface area contributed by atoms with E-state index in [-0.39, 0.29) is 17.4 Å². The van der Waals surface area contributed by atoms with Crippen LogP contribution in [0.1, 0.15) is 56.3 Å².